The van der Waals surface area contributed by atoms with E-state index in [-0.39, 0.29) is 0 Å². The third-order valence-corrected chi connectivity index (χ3v) is 3.67. The Bertz CT molecular complexity index is 596. The van der Waals surface area contributed by atoms with Crippen molar-refractivity contribution >= 4 is 19.1 Å². The number of carbonyl (C=O) groups excluding carboxylic acids is 1. The fourth-order valence-corrected chi connectivity index (χ4v) is 2.38. The van der Waals surface area contributed by atoms with Gasteiger partial charge in [0.2, 0.25) is 6.03 Å². The van der Waals surface area contributed by atoms with Gasteiger partial charge in [-0.1, -0.05) is 42.0 Å². The summed E-state index contributed by atoms with van der Waals surface area (Å²) in [6, 6.07) is 15.6. The Hall–Kier alpha value is -2.19. The molecule has 2 aromatic carbocycles. The molecule has 0 bridgehead atoms. The van der Waals surface area contributed by atoms with E-state index in [1.54, 1.807) is 18.2 Å². The second kappa shape index (κ2) is 8.88. The summed E-state index contributed by atoms with van der Waals surface area (Å²) >= 11 is 0. The second-order valence-corrected chi connectivity index (χ2v) is 5.44. The highest BCUT2D eigenvalue weighted by molar-refractivity contribution is 7.68. The van der Waals surface area contributed by atoms with Crippen LogP contribution in [0, 0.1) is 6.92 Å². The lowest BCUT2D eigenvalue weighted by Crippen LogP contribution is -2.04. The van der Waals surface area contributed by atoms with Crippen LogP contribution in [0.1, 0.15) is 5.56 Å². The first kappa shape index (κ1) is 16.9. The van der Waals surface area contributed by atoms with Crippen LogP contribution in [-0.2, 0) is 9.36 Å². The lowest BCUT2D eigenvalue weighted by atomic mass is 10.2. The molecule has 2 aromatic rings. The van der Waals surface area contributed by atoms with Crippen LogP contribution >= 0.6 is 7.80 Å². The highest BCUT2D eigenvalue weighted by Gasteiger charge is 2.14. The maximum absolute atomic E-state index is 11.3. The number of carbonyl (C=O) groups is 1. The lowest BCUT2D eigenvalue weighted by Gasteiger charge is -2.09. The van der Waals surface area contributed by atoms with Gasteiger partial charge in [0.05, 0.1) is 19.5 Å². The summed E-state index contributed by atoms with van der Waals surface area (Å²) in [7, 11) is 0.864. The minimum Gasteiger partial charge on any atom is -0.493 e. The van der Waals surface area contributed by atoms with Crippen molar-refractivity contribution in [2.75, 3.05) is 14.2 Å². The van der Waals surface area contributed by atoms with Crippen LogP contribution in [0.4, 0.5) is 0 Å². The SMILES string of the molecule is COc1cccc([P](=O)C=O)c1OC.Cc1ccccc1. The van der Waals surface area contributed by atoms with E-state index in [4.69, 9.17) is 9.47 Å². The Labute approximate surface area is 125 Å². The van der Waals surface area contributed by atoms with Crippen LogP contribution in [0.5, 0.6) is 11.5 Å². The molecule has 0 aliphatic rings. The van der Waals surface area contributed by atoms with Crippen molar-refractivity contribution in [3.8, 4) is 11.5 Å². The fraction of sp³-hybridized carbons (Fsp3) is 0.188. The van der Waals surface area contributed by atoms with Crippen LogP contribution in [0.15, 0.2) is 48.5 Å². The number of ether oxygens (including phenoxy) is 2. The first-order chi connectivity index (χ1) is 10.1. The Morgan fingerprint density at radius 3 is 2.05 bits per heavy atom. The van der Waals surface area contributed by atoms with Crippen molar-refractivity contribution in [1.82, 2.24) is 0 Å². The number of benzene rings is 2. The van der Waals surface area contributed by atoms with Crippen molar-refractivity contribution < 1.29 is 18.8 Å². The zero-order chi connectivity index (χ0) is 15.7. The van der Waals surface area contributed by atoms with Gasteiger partial charge in [-0.2, -0.15) is 0 Å². The van der Waals surface area contributed by atoms with Gasteiger partial charge in [0.25, 0.3) is 0 Å². The molecule has 21 heavy (non-hydrogen) atoms. The molecule has 0 aromatic heterocycles. The molecule has 0 saturated carbocycles. The van der Waals surface area contributed by atoms with E-state index in [9.17, 15) is 9.36 Å². The molecule has 1 atom stereocenters. The number of rotatable bonds is 4. The molecule has 0 heterocycles. The molecule has 2 rings (SSSR count). The first-order valence-corrected chi connectivity index (χ1v) is 7.61. The Morgan fingerprint density at radius 2 is 1.62 bits per heavy atom. The molecule has 5 heteroatoms. The van der Waals surface area contributed by atoms with E-state index >= 15 is 0 Å². The van der Waals surface area contributed by atoms with E-state index in [2.05, 4.69) is 19.1 Å². The lowest BCUT2D eigenvalue weighted by molar-refractivity contribution is 0.357. The van der Waals surface area contributed by atoms with Gasteiger partial charge in [-0.3, -0.25) is 9.36 Å². The summed E-state index contributed by atoms with van der Waals surface area (Å²) in [5, 5.41) is 0.358. The standard InChI is InChI=1S/C9H10O4P.C7H8/c1-12-7-4-3-5-8(9(7)13-2)14(11)6-10;1-7-5-3-2-4-6-7/h3-6H,1-2H3;2-6H,1H3. The van der Waals surface area contributed by atoms with Crippen molar-refractivity contribution in [3.05, 3.63) is 54.1 Å². The van der Waals surface area contributed by atoms with Gasteiger partial charge in [0.15, 0.2) is 19.3 Å². The molecule has 0 saturated heterocycles. The van der Waals surface area contributed by atoms with E-state index in [1.165, 1.54) is 19.8 Å². The molecular formula is C16H18O4P. The smallest absolute Gasteiger partial charge is 0.203 e. The van der Waals surface area contributed by atoms with Crippen LogP contribution < -0.4 is 14.8 Å². The minimum absolute atomic E-state index is 0.350. The summed E-state index contributed by atoms with van der Waals surface area (Å²) in [6.07, 6.45) is 0. The molecule has 0 fully saturated rings. The Morgan fingerprint density at radius 1 is 0.952 bits per heavy atom. The first-order valence-electron chi connectivity index (χ1n) is 6.28. The van der Waals surface area contributed by atoms with E-state index in [0.29, 0.717) is 22.8 Å². The molecule has 0 N–H and O–H groups in total. The largest absolute Gasteiger partial charge is 0.493 e. The number of methoxy groups -OCH3 is 2. The molecule has 1 radical (unpaired) electrons. The molecule has 111 valence electrons. The predicted octanol–water partition coefficient (Wildman–Crippen LogP) is 3.34. The molecule has 4 nitrogen and oxygen atoms in total. The van der Waals surface area contributed by atoms with Crippen molar-refractivity contribution in [3.63, 3.8) is 0 Å². The predicted molar refractivity (Wildman–Crippen MR) is 84.7 cm³/mol. The molecule has 0 aliphatic carbocycles. The third kappa shape index (κ3) is 5.01. The normalized spacial score (nSPS) is 9.95. The molecular weight excluding hydrogens is 287 g/mol. The monoisotopic (exact) mass is 305 g/mol. The highest BCUT2D eigenvalue weighted by Crippen LogP contribution is 2.31. The average molecular weight is 305 g/mol. The number of hydrogen-bond acceptors (Lipinski definition) is 4. The third-order valence-electron chi connectivity index (χ3n) is 2.66. The summed E-state index contributed by atoms with van der Waals surface area (Å²) in [4.78, 5) is 10.4. The minimum atomic E-state index is -2.06. The van der Waals surface area contributed by atoms with E-state index in [0.717, 1.165) is 0 Å². The number of aryl methyl sites for hydroxylation is 1. The molecule has 0 aliphatic heterocycles. The summed E-state index contributed by atoms with van der Waals surface area (Å²) in [6.45, 7) is 2.08. The second-order valence-electron chi connectivity index (χ2n) is 4.10. The van der Waals surface area contributed by atoms with Gasteiger partial charge in [-0.15, -0.1) is 0 Å². The van der Waals surface area contributed by atoms with E-state index < -0.39 is 7.80 Å². The van der Waals surface area contributed by atoms with Crippen molar-refractivity contribution in [2.45, 2.75) is 6.92 Å². The maximum atomic E-state index is 11.3. The molecule has 0 spiro atoms. The summed E-state index contributed by atoms with van der Waals surface area (Å²) in [5.74, 6) is 0.818. The van der Waals surface area contributed by atoms with Crippen LogP contribution in [0.3, 0.4) is 0 Å². The van der Waals surface area contributed by atoms with Gasteiger partial charge in [-0.25, -0.2) is 0 Å². The van der Waals surface area contributed by atoms with Crippen molar-refractivity contribution in [2.24, 2.45) is 0 Å². The summed E-state index contributed by atoms with van der Waals surface area (Å²) in [5.41, 5.74) is 1.32. The molecule has 0 amide bonds. The van der Waals surface area contributed by atoms with Gasteiger partial charge in [0, 0.05) is 0 Å². The fourth-order valence-electron chi connectivity index (χ4n) is 1.63. The Kier molecular flexibility index (Phi) is 7.13. The zero-order valence-corrected chi connectivity index (χ0v) is 13.2. The number of para-hydroxylation sites is 1. The quantitative estimate of drug-likeness (QED) is 0.642. The number of hydrogen-bond donors (Lipinski definition) is 0. The topological polar surface area (TPSA) is 52.6 Å². The van der Waals surface area contributed by atoms with E-state index in [1.807, 2.05) is 18.2 Å². The van der Waals surface area contributed by atoms with Gasteiger partial charge >= 0.3 is 0 Å². The Balaban J connectivity index is 0.000000262. The average Bonchev–Trinajstić information content (AvgIpc) is 2.54. The van der Waals surface area contributed by atoms with Gasteiger partial charge < -0.3 is 9.47 Å². The van der Waals surface area contributed by atoms with Crippen LogP contribution in [0.2, 0.25) is 0 Å². The summed E-state index contributed by atoms with van der Waals surface area (Å²) < 4.78 is 21.3. The van der Waals surface area contributed by atoms with Gasteiger partial charge in [-0.05, 0) is 19.1 Å². The van der Waals surface area contributed by atoms with Crippen LogP contribution in [-0.4, -0.2) is 20.2 Å². The molecule has 1 unspecified atom stereocenters. The van der Waals surface area contributed by atoms with Crippen LogP contribution in [0.25, 0.3) is 0 Å². The van der Waals surface area contributed by atoms with Crippen molar-refractivity contribution in [1.29, 1.82) is 0 Å². The zero-order valence-electron chi connectivity index (χ0n) is 12.3. The highest BCUT2D eigenvalue weighted by atomic mass is 31.1. The van der Waals surface area contributed by atoms with Gasteiger partial charge in [0.1, 0.15) is 0 Å². The maximum Gasteiger partial charge on any atom is 0.203 e.